The Labute approximate surface area is 388 Å². The molecule has 18 nitrogen and oxygen atoms in total. The van der Waals surface area contributed by atoms with Crippen LogP contribution >= 0.6 is 0 Å². The van der Waals surface area contributed by atoms with Gasteiger partial charge in [-0.1, -0.05) is 71.4 Å². The molecule has 18 heteroatoms. The second kappa shape index (κ2) is 23.5. The van der Waals surface area contributed by atoms with Crippen molar-refractivity contribution in [1.82, 2.24) is 30.2 Å². The summed E-state index contributed by atoms with van der Waals surface area (Å²) in [5.41, 5.74) is 0.763. The van der Waals surface area contributed by atoms with Gasteiger partial charge in [-0.15, -0.1) is 0 Å². The number of aliphatic carboxylic acids is 1. The minimum atomic E-state index is -1.16. The number of rotatable bonds is 25. The van der Waals surface area contributed by atoms with Crippen LogP contribution in [-0.4, -0.2) is 168 Å². The van der Waals surface area contributed by atoms with E-state index in [0.29, 0.717) is 38.6 Å². The highest BCUT2D eigenvalue weighted by atomic mass is 16.5. The molecule has 1 saturated carbocycles. The van der Waals surface area contributed by atoms with E-state index in [-0.39, 0.29) is 80.5 Å². The number of carbonyl (C=O) groups is 8. The number of imide groups is 1. The Morgan fingerprint density at radius 2 is 1.58 bits per heavy atom. The third-order valence-electron chi connectivity index (χ3n) is 14.1. The van der Waals surface area contributed by atoms with Gasteiger partial charge in [-0.2, -0.15) is 0 Å². The first-order valence-electron chi connectivity index (χ1n) is 23.3. The lowest BCUT2D eigenvalue weighted by Crippen LogP contribution is -2.59. The summed E-state index contributed by atoms with van der Waals surface area (Å²) in [5.74, 6) is -5.02. The molecule has 3 N–H and O–H groups in total. The van der Waals surface area contributed by atoms with Crippen LogP contribution in [0.15, 0.2) is 42.5 Å². The Morgan fingerprint density at radius 1 is 0.909 bits per heavy atom. The molecule has 0 unspecified atom stereocenters. The van der Waals surface area contributed by atoms with Crippen molar-refractivity contribution in [3.8, 4) is 0 Å². The maximum absolute atomic E-state index is 14.6. The second-order valence-electron chi connectivity index (χ2n) is 18.6. The summed E-state index contributed by atoms with van der Waals surface area (Å²) in [6.07, 6.45) is 4.21. The van der Waals surface area contributed by atoms with Crippen molar-refractivity contribution in [3.63, 3.8) is 0 Å². The maximum Gasteiger partial charge on any atom is 0.326 e. The molecule has 0 aromatic heterocycles. The van der Waals surface area contributed by atoms with Gasteiger partial charge in [-0.25, -0.2) is 4.79 Å². The van der Waals surface area contributed by atoms with Crippen LogP contribution in [0.2, 0.25) is 0 Å². The van der Waals surface area contributed by atoms with E-state index >= 15 is 0 Å². The number of nitrogens with zero attached hydrogens (tertiary/aromatic N) is 4. The van der Waals surface area contributed by atoms with Crippen molar-refractivity contribution in [2.75, 3.05) is 47.6 Å². The van der Waals surface area contributed by atoms with Crippen LogP contribution < -0.4 is 10.6 Å². The zero-order valence-corrected chi connectivity index (χ0v) is 39.7. The molecule has 1 aromatic rings. The zero-order valence-electron chi connectivity index (χ0n) is 39.7. The van der Waals surface area contributed by atoms with Gasteiger partial charge < -0.3 is 44.7 Å². The van der Waals surface area contributed by atoms with E-state index in [1.54, 1.807) is 52.9 Å². The van der Waals surface area contributed by atoms with Crippen LogP contribution in [0.1, 0.15) is 85.1 Å². The van der Waals surface area contributed by atoms with E-state index in [2.05, 4.69) is 10.6 Å². The largest absolute Gasteiger partial charge is 0.480 e. The van der Waals surface area contributed by atoms with Gasteiger partial charge >= 0.3 is 5.97 Å². The van der Waals surface area contributed by atoms with Gasteiger partial charge in [0.2, 0.25) is 29.5 Å². The van der Waals surface area contributed by atoms with E-state index in [1.807, 2.05) is 33.8 Å². The van der Waals surface area contributed by atoms with Crippen molar-refractivity contribution >= 4 is 47.3 Å². The van der Waals surface area contributed by atoms with E-state index in [4.69, 9.17) is 14.2 Å². The van der Waals surface area contributed by atoms with Gasteiger partial charge in [0.05, 0.1) is 62.8 Å². The smallest absolute Gasteiger partial charge is 0.326 e. The van der Waals surface area contributed by atoms with Crippen LogP contribution in [0.4, 0.5) is 0 Å². The fourth-order valence-electron chi connectivity index (χ4n) is 10.1. The third kappa shape index (κ3) is 12.0. The maximum atomic E-state index is 14.6. The molecule has 4 heterocycles. The Morgan fingerprint density at radius 3 is 2.17 bits per heavy atom. The predicted octanol–water partition coefficient (Wildman–Crippen LogP) is 2.18. The van der Waals surface area contributed by atoms with E-state index in [0.717, 1.165) is 10.5 Å². The number of likely N-dealkylation sites (N-methyl/N-ethyl adjacent to an activating group) is 1. The normalized spacial score (nSPS) is 23.2. The van der Waals surface area contributed by atoms with Gasteiger partial charge in [0.25, 0.3) is 11.8 Å². The molecule has 364 valence electrons. The average molecular weight is 923 g/mol. The fraction of sp³-hybridized carbons (Fsp3) is 0.667. The summed E-state index contributed by atoms with van der Waals surface area (Å²) in [7, 11) is 4.64. The monoisotopic (exact) mass is 923 g/mol. The average Bonchev–Trinajstić information content (AvgIpc) is 4.08. The number of amides is 7. The standard InChI is InChI=1S/C48H70N6O12/c1-9-29(4)42(36(64-7)27-40(58)52-20-13-16-35(52)44(65-8)30(5)45(59)49-34(48(62)63)24-31-14-11-10-12-15-31)51(6)47(61)41(28(2)3)50-46(60)43-32-25-33(26-32)54(43)39(57)19-22-66-23-21-53-37(55)17-18-38(53)56/h10-12,14-15,17-18,28-30,32-36,41-44H,9,13,16,19-27H2,1-8H3,(H,49,59)(H,50,60)(H,62,63)/t29-,30+,32?,33?,34-,35-,36+,41-,42-,43-,44+/m0/s1. The van der Waals surface area contributed by atoms with Crippen LogP contribution in [0.5, 0.6) is 0 Å². The van der Waals surface area contributed by atoms with Gasteiger partial charge in [0, 0.05) is 52.4 Å². The van der Waals surface area contributed by atoms with E-state index in [9.17, 15) is 43.5 Å². The summed E-state index contributed by atoms with van der Waals surface area (Å²) < 4.78 is 17.5. The summed E-state index contributed by atoms with van der Waals surface area (Å²) >= 11 is 0. The topological polar surface area (TPSA) is 222 Å². The molecule has 6 rings (SSSR count). The second-order valence-corrected chi connectivity index (χ2v) is 18.6. The van der Waals surface area contributed by atoms with E-state index < -0.39 is 77.9 Å². The quantitative estimate of drug-likeness (QED) is 0.0950. The number of hydrogen-bond donors (Lipinski definition) is 3. The first kappa shape index (κ1) is 51.8. The fourth-order valence-corrected chi connectivity index (χ4v) is 10.1. The molecule has 7 amide bonds. The van der Waals surface area contributed by atoms with Crippen LogP contribution in [-0.2, 0) is 59.0 Å². The van der Waals surface area contributed by atoms with Crippen molar-refractivity contribution in [1.29, 1.82) is 0 Å². The number of benzene rings is 1. The molecule has 9 atom stereocenters. The molecule has 4 aliphatic heterocycles. The van der Waals surface area contributed by atoms with Crippen LogP contribution in [0.3, 0.4) is 0 Å². The number of fused-ring (bicyclic) bond motifs is 1. The summed E-state index contributed by atoms with van der Waals surface area (Å²) in [6, 6.07) is 5.05. The van der Waals surface area contributed by atoms with E-state index in [1.165, 1.54) is 26.4 Å². The van der Waals surface area contributed by atoms with Crippen molar-refractivity contribution < 1.29 is 57.7 Å². The SMILES string of the molecule is CC[C@H](C)[C@@H]([C@@H](CC(=O)N1CCC[C@H]1[C@H](OC)[C@@H](C)C(=O)N[C@@H](Cc1ccccc1)C(=O)O)OC)N(C)C(=O)[C@@H](NC(=O)[C@@H]1C2CC(C2)N1C(=O)CCOCCN1C(=O)C=CC1=O)C(C)C. The first-order chi connectivity index (χ1) is 31.4. The number of methoxy groups -OCH3 is 2. The number of nitrogens with one attached hydrogen (secondary N) is 2. The van der Waals surface area contributed by atoms with Crippen LogP contribution in [0.25, 0.3) is 0 Å². The predicted molar refractivity (Wildman–Crippen MR) is 241 cm³/mol. The minimum absolute atomic E-state index is 0.0111. The molecule has 66 heavy (non-hydrogen) atoms. The Bertz CT molecular complexity index is 1920. The van der Waals surface area contributed by atoms with Crippen molar-refractivity contribution in [2.45, 2.75) is 134 Å². The number of likely N-dealkylation sites (tertiary alicyclic amines) is 1. The summed E-state index contributed by atoms with van der Waals surface area (Å²) in [5, 5.41) is 15.6. The van der Waals surface area contributed by atoms with Gasteiger partial charge in [0.15, 0.2) is 0 Å². The third-order valence-corrected chi connectivity index (χ3v) is 14.1. The molecular weight excluding hydrogens is 853 g/mol. The molecular formula is C48H70N6O12. The highest BCUT2D eigenvalue weighted by Gasteiger charge is 2.56. The Hall–Kier alpha value is -5.20. The van der Waals surface area contributed by atoms with Gasteiger partial charge in [0.1, 0.15) is 18.1 Å². The van der Waals surface area contributed by atoms with Gasteiger partial charge in [-0.3, -0.25) is 38.5 Å². The van der Waals surface area contributed by atoms with Gasteiger partial charge in [-0.05, 0) is 49.0 Å². The van der Waals surface area contributed by atoms with Crippen LogP contribution in [0, 0.1) is 23.7 Å². The molecule has 1 aliphatic carbocycles. The number of carboxylic acids is 1. The number of carbonyl (C=O) groups excluding carboxylic acids is 7. The minimum Gasteiger partial charge on any atom is -0.480 e. The highest BCUT2D eigenvalue weighted by Crippen LogP contribution is 2.46. The number of ether oxygens (including phenoxy) is 3. The zero-order chi connectivity index (χ0) is 48.4. The van der Waals surface area contributed by atoms with Crippen molar-refractivity contribution in [3.05, 3.63) is 48.0 Å². The molecule has 2 bridgehead atoms. The lowest BCUT2D eigenvalue weighted by atomic mass is 9.82. The first-order valence-corrected chi connectivity index (χ1v) is 23.3. The molecule has 0 radical (unpaired) electrons. The summed E-state index contributed by atoms with van der Waals surface area (Å²) in [4.78, 5) is 112. The molecule has 4 fully saturated rings. The number of carboxylic acid groups (broad SMARTS) is 1. The summed E-state index contributed by atoms with van der Waals surface area (Å²) in [6.45, 7) is 9.93. The van der Waals surface area contributed by atoms with Crippen molar-refractivity contribution in [2.24, 2.45) is 23.7 Å². The lowest BCUT2D eigenvalue weighted by Gasteiger charge is -2.41. The Kier molecular flexibility index (Phi) is 18.4. The lowest BCUT2D eigenvalue weighted by molar-refractivity contribution is -0.148. The molecule has 5 aliphatic rings. The highest BCUT2D eigenvalue weighted by molar-refractivity contribution is 6.12. The molecule has 3 saturated heterocycles. The molecule has 0 spiro atoms. The molecule has 1 aromatic carbocycles. The number of hydrogen-bond acceptors (Lipinski definition) is 11. The Balaban J connectivity index is 1.21.